The molecule has 3 N–H and O–H groups in total. The van der Waals surface area contributed by atoms with Gasteiger partial charge < -0.3 is 10.4 Å². The number of nitrogens with zero attached hydrogens (tertiary/aromatic N) is 1. The van der Waals surface area contributed by atoms with Crippen molar-refractivity contribution in [2.24, 2.45) is 5.41 Å². The normalized spacial score (nSPS) is 18.6. The van der Waals surface area contributed by atoms with Gasteiger partial charge in [0.1, 0.15) is 0 Å². The lowest BCUT2D eigenvalue weighted by Crippen LogP contribution is -2.48. The molecule has 0 radical (unpaired) electrons. The van der Waals surface area contributed by atoms with Crippen molar-refractivity contribution in [3.63, 3.8) is 0 Å². The molecular weight excluding hydrogens is 250 g/mol. The second kappa shape index (κ2) is 6.51. The van der Waals surface area contributed by atoms with Gasteiger partial charge in [-0.2, -0.15) is 0 Å². The van der Waals surface area contributed by atoms with Crippen molar-refractivity contribution in [2.45, 2.75) is 26.2 Å². The molecule has 1 heterocycles. The van der Waals surface area contributed by atoms with Gasteiger partial charge in [0.25, 0.3) is 0 Å². The molecule has 0 atom stereocenters. The lowest BCUT2D eigenvalue weighted by Gasteiger charge is -2.37. The zero-order chi connectivity index (χ0) is 14.5. The summed E-state index contributed by atoms with van der Waals surface area (Å²) in [5.41, 5.74) is -0.659. The lowest BCUT2D eigenvalue weighted by molar-refractivity contribution is -0.152. The number of likely N-dealkylation sites (tertiary alicyclic amines) is 1. The van der Waals surface area contributed by atoms with Crippen molar-refractivity contribution < 1.29 is 19.5 Å². The van der Waals surface area contributed by atoms with Crippen LogP contribution in [0.2, 0.25) is 0 Å². The van der Waals surface area contributed by atoms with Gasteiger partial charge in [-0.1, -0.05) is 6.92 Å². The Morgan fingerprint density at radius 2 is 1.84 bits per heavy atom. The number of urea groups is 1. The smallest absolute Gasteiger partial charge is 0.321 e. The zero-order valence-corrected chi connectivity index (χ0v) is 11.4. The summed E-state index contributed by atoms with van der Waals surface area (Å²) >= 11 is 0. The SMILES string of the molecule is CCC1(C(=O)O)CCN(CC(=O)NC(=O)NC)CC1. The Morgan fingerprint density at radius 3 is 2.26 bits per heavy atom. The zero-order valence-electron chi connectivity index (χ0n) is 11.4. The Labute approximate surface area is 112 Å². The molecule has 3 amide bonds. The molecule has 1 rings (SSSR count). The highest BCUT2D eigenvalue weighted by molar-refractivity contribution is 5.95. The summed E-state index contributed by atoms with van der Waals surface area (Å²) in [5.74, 6) is -1.14. The van der Waals surface area contributed by atoms with Crippen LogP contribution >= 0.6 is 0 Å². The molecule has 0 spiro atoms. The number of hydrogen-bond acceptors (Lipinski definition) is 4. The molecule has 1 saturated heterocycles. The first kappa shape index (κ1) is 15.4. The van der Waals surface area contributed by atoms with E-state index in [0.29, 0.717) is 32.4 Å². The van der Waals surface area contributed by atoms with Gasteiger partial charge in [0.2, 0.25) is 5.91 Å². The van der Waals surface area contributed by atoms with Gasteiger partial charge in [0.05, 0.1) is 12.0 Å². The highest BCUT2D eigenvalue weighted by Gasteiger charge is 2.39. The van der Waals surface area contributed by atoms with Crippen molar-refractivity contribution in [1.82, 2.24) is 15.5 Å². The molecule has 7 heteroatoms. The third kappa shape index (κ3) is 3.92. The Hall–Kier alpha value is -1.63. The number of carbonyl (C=O) groups excluding carboxylic acids is 2. The fourth-order valence-corrected chi connectivity index (χ4v) is 2.29. The number of piperidine rings is 1. The molecule has 19 heavy (non-hydrogen) atoms. The van der Waals surface area contributed by atoms with Gasteiger partial charge in [0.15, 0.2) is 0 Å². The van der Waals surface area contributed by atoms with Crippen LogP contribution in [0.1, 0.15) is 26.2 Å². The number of imide groups is 1. The second-order valence-electron chi connectivity index (χ2n) is 4.84. The summed E-state index contributed by atoms with van der Waals surface area (Å²) in [4.78, 5) is 35.6. The van der Waals surface area contributed by atoms with Crippen molar-refractivity contribution >= 4 is 17.9 Å². The molecule has 0 aromatic heterocycles. The highest BCUT2D eigenvalue weighted by atomic mass is 16.4. The maximum Gasteiger partial charge on any atom is 0.321 e. The van der Waals surface area contributed by atoms with E-state index in [1.165, 1.54) is 7.05 Å². The molecule has 0 bridgehead atoms. The minimum atomic E-state index is -0.760. The molecule has 1 aliphatic heterocycles. The minimum Gasteiger partial charge on any atom is -0.481 e. The number of amides is 3. The van der Waals surface area contributed by atoms with Crippen molar-refractivity contribution in [2.75, 3.05) is 26.7 Å². The van der Waals surface area contributed by atoms with Crippen molar-refractivity contribution in [3.8, 4) is 0 Å². The number of hydrogen-bond donors (Lipinski definition) is 3. The van der Waals surface area contributed by atoms with Crippen LogP contribution in [0, 0.1) is 5.41 Å². The molecule has 0 saturated carbocycles. The predicted molar refractivity (Wildman–Crippen MR) is 68.6 cm³/mol. The molecule has 0 aromatic rings. The Morgan fingerprint density at radius 1 is 1.26 bits per heavy atom. The van der Waals surface area contributed by atoms with E-state index >= 15 is 0 Å². The maximum atomic E-state index is 11.5. The maximum absolute atomic E-state index is 11.5. The standard InChI is InChI=1S/C12H21N3O4/c1-3-12(10(17)18)4-6-15(7-5-12)8-9(16)14-11(19)13-2/h3-8H2,1-2H3,(H,17,18)(H2,13,14,16,19). The van der Waals surface area contributed by atoms with Gasteiger partial charge in [-0.15, -0.1) is 0 Å². The number of carbonyl (C=O) groups is 3. The summed E-state index contributed by atoms with van der Waals surface area (Å²) in [6.07, 6.45) is 1.67. The average molecular weight is 271 g/mol. The molecular formula is C12H21N3O4. The quantitative estimate of drug-likeness (QED) is 0.669. The first-order chi connectivity index (χ1) is 8.93. The number of rotatable bonds is 4. The van der Waals surface area contributed by atoms with Crippen LogP contribution in [0.15, 0.2) is 0 Å². The van der Waals surface area contributed by atoms with Gasteiger partial charge in [-0.05, 0) is 32.4 Å². The van der Waals surface area contributed by atoms with Crippen LogP contribution in [0.25, 0.3) is 0 Å². The predicted octanol–water partition coefficient (Wildman–Crippen LogP) is 0.0188. The van der Waals surface area contributed by atoms with Gasteiger partial charge >= 0.3 is 12.0 Å². The summed E-state index contributed by atoms with van der Waals surface area (Å²) in [5, 5.41) is 13.7. The summed E-state index contributed by atoms with van der Waals surface area (Å²) in [6.45, 7) is 3.11. The van der Waals surface area contributed by atoms with Crippen LogP contribution in [0.4, 0.5) is 4.79 Å². The van der Waals surface area contributed by atoms with E-state index in [1.807, 2.05) is 11.8 Å². The Bertz CT molecular complexity index is 362. The van der Waals surface area contributed by atoms with Crippen molar-refractivity contribution in [1.29, 1.82) is 0 Å². The summed E-state index contributed by atoms with van der Waals surface area (Å²) in [7, 11) is 1.44. The first-order valence-corrected chi connectivity index (χ1v) is 6.41. The molecule has 0 unspecified atom stereocenters. The van der Waals surface area contributed by atoms with Crippen LogP contribution in [-0.2, 0) is 9.59 Å². The van der Waals surface area contributed by atoms with Gasteiger partial charge in [-0.3, -0.25) is 19.8 Å². The topological polar surface area (TPSA) is 98.7 Å². The Balaban J connectivity index is 2.44. The second-order valence-corrected chi connectivity index (χ2v) is 4.84. The fraction of sp³-hybridized carbons (Fsp3) is 0.750. The fourth-order valence-electron chi connectivity index (χ4n) is 2.29. The number of carboxylic acids is 1. The third-order valence-corrected chi connectivity index (χ3v) is 3.79. The van der Waals surface area contributed by atoms with Crippen LogP contribution in [-0.4, -0.2) is 54.6 Å². The minimum absolute atomic E-state index is 0.118. The highest BCUT2D eigenvalue weighted by Crippen LogP contribution is 2.34. The van der Waals surface area contributed by atoms with E-state index in [0.717, 1.165) is 0 Å². The molecule has 7 nitrogen and oxygen atoms in total. The largest absolute Gasteiger partial charge is 0.481 e. The average Bonchev–Trinajstić information content (AvgIpc) is 2.39. The number of nitrogens with one attached hydrogen (secondary N) is 2. The summed E-state index contributed by atoms with van der Waals surface area (Å²) < 4.78 is 0. The van der Waals surface area contributed by atoms with Gasteiger partial charge in [0, 0.05) is 7.05 Å². The first-order valence-electron chi connectivity index (χ1n) is 6.41. The molecule has 1 fully saturated rings. The van der Waals surface area contributed by atoms with E-state index in [4.69, 9.17) is 0 Å². The molecule has 108 valence electrons. The number of carboxylic acid groups (broad SMARTS) is 1. The number of aliphatic carboxylic acids is 1. The van der Waals surface area contributed by atoms with Crippen LogP contribution in [0.3, 0.4) is 0 Å². The molecule has 1 aliphatic rings. The van der Waals surface area contributed by atoms with Crippen molar-refractivity contribution in [3.05, 3.63) is 0 Å². The third-order valence-electron chi connectivity index (χ3n) is 3.79. The lowest BCUT2D eigenvalue weighted by atomic mass is 9.76. The molecule has 0 aromatic carbocycles. The van der Waals surface area contributed by atoms with E-state index in [9.17, 15) is 19.5 Å². The Kier molecular flexibility index (Phi) is 5.29. The van der Waals surface area contributed by atoms with E-state index in [-0.39, 0.29) is 12.5 Å². The van der Waals surface area contributed by atoms with Gasteiger partial charge in [-0.25, -0.2) is 4.79 Å². The van der Waals surface area contributed by atoms with Crippen LogP contribution < -0.4 is 10.6 Å². The van der Waals surface area contributed by atoms with E-state index < -0.39 is 17.4 Å². The van der Waals surface area contributed by atoms with E-state index in [1.54, 1.807) is 0 Å². The molecule has 0 aliphatic carbocycles. The van der Waals surface area contributed by atoms with Crippen LogP contribution in [0.5, 0.6) is 0 Å². The van der Waals surface area contributed by atoms with E-state index in [2.05, 4.69) is 10.6 Å². The monoisotopic (exact) mass is 271 g/mol. The summed E-state index contributed by atoms with van der Waals surface area (Å²) in [6, 6.07) is -0.532.